The molecule has 7 nitrogen and oxygen atoms in total. The van der Waals surface area contributed by atoms with E-state index in [-0.39, 0.29) is 41.0 Å². The van der Waals surface area contributed by atoms with Gasteiger partial charge in [-0.15, -0.1) is 11.8 Å². The summed E-state index contributed by atoms with van der Waals surface area (Å²) in [5.74, 6) is -1.96. The third-order valence-electron chi connectivity index (χ3n) is 7.07. The first-order valence-corrected chi connectivity index (χ1v) is 13.7. The molecule has 6 atom stereocenters. The number of rotatable bonds is 7. The van der Waals surface area contributed by atoms with Gasteiger partial charge in [0.05, 0.1) is 27.3 Å². The Bertz CT molecular complexity index is 1150. The summed E-state index contributed by atoms with van der Waals surface area (Å²) in [5.41, 5.74) is 1.14. The first-order chi connectivity index (χ1) is 16.9. The number of halogens is 2. The average molecular weight is 579 g/mol. The van der Waals surface area contributed by atoms with Crippen molar-refractivity contribution < 1.29 is 19.5 Å². The Morgan fingerprint density at radius 2 is 1.83 bits per heavy atom. The first kappa shape index (κ1) is 24.6. The number of hydrogen-bond acceptors (Lipinski definition) is 5. The number of aliphatic hydroxyl groups excluding tert-OH is 1. The molecule has 3 saturated heterocycles. The zero-order chi connectivity index (χ0) is 24.7. The van der Waals surface area contributed by atoms with E-state index in [1.807, 2.05) is 30.3 Å². The molecule has 2 aromatic rings. The van der Waals surface area contributed by atoms with Gasteiger partial charge in [0.25, 0.3) is 0 Å². The van der Waals surface area contributed by atoms with Gasteiger partial charge in [0.1, 0.15) is 6.04 Å². The maximum Gasteiger partial charge on any atom is 0.248 e. The molecule has 3 unspecified atom stereocenters. The number of benzene rings is 2. The van der Waals surface area contributed by atoms with Crippen LogP contribution in [0.1, 0.15) is 12.8 Å². The molecule has 1 spiro atoms. The second-order valence-corrected chi connectivity index (χ2v) is 12.2. The second-order valence-electron chi connectivity index (χ2n) is 9.10. The summed E-state index contributed by atoms with van der Waals surface area (Å²) >= 11 is 11.6. The minimum atomic E-state index is -0.785. The molecule has 0 radical (unpaired) electrons. The van der Waals surface area contributed by atoms with E-state index in [2.05, 4.69) is 26.6 Å². The lowest BCUT2D eigenvalue weighted by Crippen LogP contribution is -2.52. The average Bonchev–Trinajstić information content (AvgIpc) is 3.43. The van der Waals surface area contributed by atoms with Gasteiger partial charge in [-0.2, -0.15) is 0 Å². The Morgan fingerprint density at radius 1 is 1.11 bits per heavy atom. The first-order valence-electron chi connectivity index (χ1n) is 11.5. The number of alkyl halides is 1. The summed E-state index contributed by atoms with van der Waals surface area (Å²) in [6, 6.07) is 15.3. The minimum Gasteiger partial charge on any atom is -0.396 e. The molecule has 3 aliphatic rings. The molecular weight excluding hydrogens is 554 g/mol. The van der Waals surface area contributed by atoms with Gasteiger partial charge in [-0.05, 0) is 37.1 Å². The number of aliphatic hydroxyl groups is 1. The molecule has 2 bridgehead atoms. The third kappa shape index (κ3) is 4.16. The van der Waals surface area contributed by atoms with Gasteiger partial charge in [-0.1, -0.05) is 57.9 Å². The number of fused-ring (bicyclic) bond motifs is 1. The maximum atomic E-state index is 13.8. The number of carbonyl (C=O) groups excluding carboxylic acids is 3. The van der Waals surface area contributed by atoms with Crippen LogP contribution in [0.15, 0.2) is 54.6 Å². The van der Waals surface area contributed by atoms with Crippen molar-refractivity contribution >= 4 is 68.4 Å². The zero-order valence-corrected chi connectivity index (χ0v) is 21.9. The summed E-state index contributed by atoms with van der Waals surface area (Å²) in [6.45, 7) is 0.133. The number of thioether (sulfide) groups is 1. The molecule has 3 aliphatic heterocycles. The molecule has 3 N–H and O–H groups in total. The van der Waals surface area contributed by atoms with E-state index >= 15 is 0 Å². The largest absolute Gasteiger partial charge is 0.396 e. The molecule has 3 heterocycles. The third-order valence-corrected chi connectivity index (χ3v) is 10.6. The van der Waals surface area contributed by atoms with Crippen LogP contribution in [0.25, 0.3) is 0 Å². The van der Waals surface area contributed by atoms with Crippen LogP contribution in [-0.4, -0.2) is 61.7 Å². The number of nitrogens with zero attached hydrogens (tertiary/aromatic N) is 1. The fourth-order valence-corrected chi connectivity index (χ4v) is 9.52. The van der Waals surface area contributed by atoms with Crippen molar-refractivity contribution in [2.45, 2.75) is 33.7 Å². The molecule has 2 aromatic carbocycles. The number of anilines is 2. The number of amides is 3. The van der Waals surface area contributed by atoms with Crippen LogP contribution in [0.5, 0.6) is 0 Å². The van der Waals surface area contributed by atoms with Crippen LogP contribution in [-0.2, 0) is 14.4 Å². The molecular formula is C25H25BrClN3O4S. The highest BCUT2D eigenvalue weighted by molar-refractivity contribution is 9.09. The van der Waals surface area contributed by atoms with Crippen LogP contribution < -0.4 is 10.6 Å². The zero-order valence-electron chi connectivity index (χ0n) is 18.7. The molecule has 35 heavy (non-hydrogen) atoms. The SMILES string of the molecule is O=C(Nc1ccccc1Cl)C1N(CCCO)C(=O)[C@@H]2[C@H](C(=O)Nc3ccccc3)[C@H]3SC12CC3Br. The maximum absolute atomic E-state index is 13.8. The molecule has 184 valence electrons. The van der Waals surface area contributed by atoms with E-state index < -0.39 is 22.6 Å². The molecule has 5 rings (SSSR count). The number of carbonyl (C=O) groups is 3. The van der Waals surface area contributed by atoms with Gasteiger partial charge in [0.15, 0.2) is 0 Å². The Hall–Kier alpha value is -2.07. The molecule has 3 amide bonds. The van der Waals surface area contributed by atoms with Gasteiger partial charge in [0, 0.05) is 28.9 Å². The number of para-hydroxylation sites is 2. The van der Waals surface area contributed by atoms with Crippen molar-refractivity contribution in [3.63, 3.8) is 0 Å². The topological polar surface area (TPSA) is 98.7 Å². The smallest absolute Gasteiger partial charge is 0.248 e. The predicted octanol–water partition coefficient (Wildman–Crippen LogP) is 3.76. The van der Waals surface area contributed by atoms with E-state index in [1.54, 1.807) is 40.9 Å². The fourth-order valence-electron chi connectivity index (χ4n) is 5.72. The predicted molar refractivity (Wildman–Crippen MR) is 141 cm³/mol. The van der Waals surface area contributed by atoms with Crippen molar-refractivity contribution in [3.8, 4) is 0 Å². The van der Waals surface area contributed by atoms with Gasteiger partial charge >= 0.3 is 0 Å². The standard InChI is InChI=1S/C25H25BrClN3O4S/c26-15-13-25-19(18(20(15)35-25)22(32)28-14-7-2-1-3-8-14)24(34)30(11-6-12-31)21(25)23(33)29-17-10-5-4-9-16(17)27/h1-5,7-10,15,18-21,31H,6,11-13H2,(H,28,32)(H,29,33)/t15?,18-,19-,20-,21?,25?/m0/s1. The highest BCUT2D eigenvalue weighted by atomic mass is 79.9. The van der Waals surface area contributed by atoms with Gasteiger partial charge in [0.2, 0.25) is 17.7 Å². The van der Waals surface area contributed by atoms with E-state index in [1.165, 1.54) is 0 Å². The van der Waals surface area contributed by atoms with Crippen LogP contribution >= 0.6 is 39.3 Å². The van der Waals surface area contributed by atoms with E-state index in [0.717, 1.165) is 0 Å². The van der Waals surface area contributed by atoms with E-state index in [9.17, 15) is 19.5 Å². The monoisotopic (exact) mass is 577 g/mol. The van der Waals surface area contributed by atoms with Crippen molar-refractivity contribution in [3.05, 3.63) is 59.6 Å². The number of likely N-dealkylation sites (tertiary alicyclic amines) is 1. The summed E-state index contributed by atoms with van der Waals surface area (Å²) in [6.07, 6.45) is 0.932. The Labute approximate surface area is 221 Å². The van der Waals surface area contributed by atoms with Crippen LogP contribution in [0.4, 0.5) is 11.4 Å². The summed E-state index contributed by atoms with van der Waals surface area (Å²) in [4.78, 5) is 42.6. The van der Waals surface area contributed by atoms with Gasteiger partial charge in [-0.3, -0.25) is 14.4 Å². The van der Waals surface area contributed by atoms with Crippen molar-refractivity contribution in [2.75, 3.05) is 23.8 Å². The minimum absolute atomic E-state index is 0.0171. The summed E-state index contributed by atoms with van der Waals surface area (Å²) < 4.78 is -0.755. The highest BCUT2D eigenvalue weighted by Crippen LogP contribution is 2.67. The van der Waals surface area contributed by atoms with Crippen LogP contribution in [0.3, 0.4) is 0 Å². The van der Waals surface area contributed by atoms with Crippen molar-refractivity contribution in [1.29, 1.82) is 0 Å². The molecule has 3 fully saturated rings. The second kappa shape index (κ2) is 9.76. The lowest BCUT2D eigenvalue weighted by atomic mass is 9.70. The lowest BCUT2D eigenvalue weighted by molar-refractivity contribution is -0.138. The van der Waals surface area contributed by atoms with Gasteiger partial charge < -0.3 is 20.6 Å². The quantitative estimate of drug-likeness (QED) is 0.435. The normalized spacial score (nSPS) is 30.9. The van der Waals surface area contributed by atoms with Crippen molar-refractivity contribution in [2.24, 2.45) is 11.8 Å². The Kier molecular flexibility index (Phi) is 6.87. The van der Waals surface area contributed by atoms with E-state index in [4.69, 9.17) is 11.6 Å². The number of nitrogens with one attached hydrogen (secondary N) is 2. The van der Waals surface area contributed by atoms with Crippen LogP contribution in [0.2, 0.25) is 5.02 Å². The molecule has 0 aliphatic carbocycles. The summed E-state index contributed by atoms with van der Waals surface area (Å²) in [5, 5.41) is 15.6. The highest BCUT2D eigenvalue weighted by Gasteiger charge is 2.75. The molecule has 0 saturated carbocycles. The number of hydrogen-bond donors (Lipinski definition) is 3. The summed E-state index contributed by atoms with van der Waals surface area (Å²) in [7, 11) is 0. The fraction of sp³-hybridized carbons (Fsp3) is 0.400. The molecule has 10 heteroatoms. The van der Waals surface area contributed by atoms with E-state index in [0.29, 0.717) is 29.2 Å². The Morgan fingerprint density at radius 3 is 2.54 bits per heavy atom. The molecule has 0 aromatic heterocycles. The Balaban J connectivity index is 1.49. The van der Waals surface area contributed by atoms with Crippen LogP contribution in [0, 0.1) is 11.8 Å². The van der Waals surface area contributed by atoms with Gasteiger partial charge in [-0.25, -0.2) is 0 Å². The van der Waals surface area contributed by atoms with Crippen molar-refractivity contribution in [1.82, 2.24) is 4.90 Å². The lowest BCUT2D eigenvalue weighted by Gasteiger charge is -2.35.